The van der Waals surface area contributed by atoms with Gasteiger partial charge >= 0.3 is 0 Å². The second kappa shape index (κ2) is 9.34. The Bertz CT molecular complexity index is 773. The molecule has 176 valence electrons. The molecule has 0 aromatic heterocycles. The number of methoxy groups -OCH3 is 1. The van der Waals surface area contributed by atoms with E-state index in [1.54, 1.807) is 7.11 Å². The molecule has 5 aliphatic rings. The molecule has 4 aliphatic carbocycles. The number of carbonyl (C=O) groups is 1. The van der Waals surface area contributed by atoms with Crippen molar-refractivity contribution < 1.29 is 14.6 Å². The average molecular weight is 441 g/mol. The summed E-state index contributed by atoms with van der Waals surface area (Å²) < 4.78 is 5.47. The van der Waals surface area contributed by atoms with E-state index in [0.717, 1.165) is 49.3 Å². The second-order valence-electron chi connectivity index (χ2n) is 11.1. The van der Waals surface area contributed by atoms with Crippen LogP contribution in [0.3, 0.4) is 0 Å². The van der Waals surface area contributed by atoms with Gasteiger partial charge in [0.2, 0.25) is 5.91 Å². The molecule has 1 aromatic carbocycles. The minimum Gasteiger partial charge on any atom is -0.497 e. The topological polar surface area (TPSA) is 53.0 Å². The molecule has 5 heteroatoms. The third-order valence-corrected chi connectivity index (χ3v) is 8.90. The van der Waals surface area contributed by atoms with Crippen molar-refractivity contribution in [2.75, 3.05) is 26.8 Å². The van der Waals surface area contributed by atoms with Crippen LogP contribution < -0.4 is 4.74 Å². The standard InChI is InChI=1S/C27H40N2O3/c1-32-25-7-4-5-20(14-25)18-29(26(31)19-28-9-3-2-6-24(28)8-10-30)27-15-21-11-22(16-27)13-23(12-21)17-27/h4-5,7,14,21-24,30H,2-3,6,8-13,15-19H2,1H3. The molecule has 4 bridgehead atoms. The van der Waals surface area contributed by atoms with Crippen molar-refractivity contribution >= 4 is 5.91 Å². The molecule has 1 N–H and O–H groups in total. The molecule has 1 heterocycles. The molecule has 32 heavy (non-hydrogen) atoms. The summed E-state index contributed by atoms with van der Waals surface area (Å²) in [5.41, 5.74) is 1.20. The fourth-order valence-electron chi connectivity index (χ4n) is 7.87. The van der Waals surface area contributed by atoms with E-state index in [2.05, 4.69) is 21.9 Å². The van der Waals surface area contributed by atoms with Crippen molar-refractivity contribution in [3.63, 3.8) is 0 Å². The van der Waals surface area contributed by atoms with Crippen molar-refractivity contribution in [2.24, 2.45) is 17.8 Å². The Morgan fingerprint density at radius 2 is 1.88 bits per heavy atom. The number of nitrogens with zero attached hydrogens (tertiary/aromatic N) is 2. The largest absolute Gasteiger partial charge is 0.497 e. The first kappa shape index (κ1) is 22.2. The number of piperidine rings is 1. The van der Waals surface area contributed by atoms with E-state index in [9.17, 15) is 9.90 Å². The first-order valence-corrected chi connectivity index (χ1v) is 12.9. The lowest BCUT2D eigenvalue weighted by molar-refractivity contribution is -0.154. The van der Waals surface area contributed by atoms with Crippen LogP contribution in [0.4, 0.5) is 0 Å². The highest BCUT2D eigenvalue weighted by atomic mass is 16.5. The highest BCUT2D eigenvalue weighted by molar-refractivity contribution is 5.79. The Balaban J connectivity index is 1.41. The van der Waals surface area contributed by atoms with E-state index >= 15 is 0 Å². The fourth-order valence-corrected chi connectivity index (χ4v) is 7.87. The van der Waals surface area contributed by atoms with Crippen molar-refractivity contribution in [1.29, 1.82) is 0 Å². The van der Waals surface area contributed by atoms with E-state index in [0.29, 0.717) is 25.0 Å². The van der Waals surface area contributed by atoms with Crippen LogP contribution in [-0.4, -0.2) is 59.2 Å². The zero-order chi connectivity index (χ0) is 22.1. The van der Waals surface area contributed by atoms with E-state index in [4.69, 9.17) is 4.74 Å². The third-order valence-electron chi connectivity index (χ3n) is 8.90. The molecule has 5 fully saturated rings. The maximum absolute atomic E-state index is 14.0. The molecule has 1 unspecified atom stereocenters. The van der Waals surface area contributed by atoms with Gasteiger partial charge in [0, 0.05) is 24.7 Å². The molecule has 6 rings (SSSR count). The van der Waals surface area contributed by atoms with Crippen molar-refractivity contribution in [3.8, 4) is 5.75 Å². The number of amides is 1. The maximum atomic E-state index is 14.0. The Kier molecular flexibility index (Phi) is 6.48. The Morgan fingerprint density at radius 1 is 1.16 bits per heavy atom. The zero-order valence-electron chi connectivity index (χ0n) is 19.7. The van der Waals surface area contributed by atoms with Crippen LogP contribution in [-0.2, 0) is 11.3 Å². The molecule has 5 nitrogen and oxygen atoms in total. The van der Waals surface area contributed by atoms with Crippen LogP contribution in [0.1, 0.15) is 69.8 Å². The van der Waals surface area contributed by atoms with Gasteiger partial charge in [-0.15, -0.1) is 0 Å². The quantitative estimate of drug-likeness (QED) is 0.657. The highest BCUT2D eigenvalue weighted by Gasteiger charge is 2.54. The average Bonchev–Trinajstić information content (AvgIpc) is 2.78. The highest BCUT2D eigenvalue weighted by Crippen LogP contribution is 2.58. The maximum Gasteiger partial charge on any atom is 0.237 e. The van der Waals surface area contributed by atoms with Gasteiger partial charge in [-0.05, 0) is 99.8 Å². The van der Waals surface area contributed by atoms with Crippen molar-refractivity contribution in [3.05, 3.63) is 29.8 Å². The number of rotatable bonds is 8. The predicted molar refractivity (Wildman–Crippen MR) is 125 cm³/mol. The van der Waals surface area contributed by atoms with Gasteiger partial charge in [-0.3, -0.25) is 9.69 Å². The van der Waals surface area contributed by atoms with Gasteiger partial charge in [0.15, 0.2) is 0 Å². The summed E-state index contributed by atoms with van der Waals surface area (Å²) in [4.78, 5) is 18.7. The van der Waals surface area contributed by atoms with E-state index in [1.807, 2.05) is 12.1 Å². The minimum absolute atomic E-state index is 0.0389. The molecule has 4 saturated carbocycles. The van der Waals surface area contributed by atoms with Crippen molar-refractivity contribution in [2.45, 2.75) is 82.3 Å². The summed E-state index contributed by atoms with van der Waals surface area (Å²) in [5.74, 6) is 3.57. The second-order valence-corrected chi connectivity index (χ2v) is 11.1. The summed E-state index contributed by atoms with van der Waals surface area (Å²) in [7, 11) is 1.71. The van der Waals surface area contributed by atoms with Crippen LogP contribution >= 0.6 is 0 Å². The van der Waals surface area contributed by atoms with Crippen LogP contribution in [0, 0.1) is 17.8 Å². The molecule has 0 spiro atoms. The van der Waals surface area contributed by atoms with E-state index in [-0.39, 0.29) is 12.1 Å². The smallest absolute Gasteiger partial charge is 0.237 e. The van der Waals surface area contributed by atoms with Crippen LogP contribution in [0.2, 0.25) is 0 Å². The van der Waals surface area contributed by atoms with Gasteiger partial charge in [0.1, 0.15) is 5.75 Å². The summed E-state index contributed by atoms with van der Waals surface area (Å²) in [5, 5.41) is 9.54. The number of carbonyl (C=O) groups excluding carboxylic acids is 1. The minimum atomic E-state index is 0.0389. The van der Waals surface area contributed by atoms with Gasteiger partial charge in [-0.25, -0.2) is 0 Å². The van der Waals surface area contributed by atoms with Crippen LogP contribution in [0.5, 0.6) is 5.75 Å². The fraction of sp³-hybridized carbons (Fsp3) is 0.741. The Labute approximate surface area is 193 Å². The monoisotopic (exact) mass is 440 g/mol. The predicted octanol–water partition coefficient (Wildman–Crippen LogP) is 4.23. The number of hydrogen-bond acceptors (Lipinski definition) is 4. The molecule has 1 atom stereocenters. The van der Waals surface area contributed by atoms with Gasteiger partial charge in [-0.1, -0.05) is 18.6 Å². The normalized spacial score (nSPS) is 33.9. The lowest BCUT2D eigenvalue weighted by Crippen LogP contribution is -2.62. The number of aliphatic hydroxyl groups is 1. The first-order valence-electron chi connectivity index (χ1n) is 12.9. The summed E-state index contributed by atoms with van der Waals surface area (Å²) in [6.45, 7) is 2.36. The summed E-state index contributed by atoms with van der Waals surface area (Å²) in [6.07, 6.45) is 11.9. The van der Waals surface area contributed by atoms with Gasteiger partial charge in [-0.2, -0.15) is 0 Å². The Hall–Kier alpha value is -1.59. The molecule has 1 amide bonds. The molecular weight excluding hydrogens is 400 g/mol. The summed E-state index contributed by atoms with van der Waals surface area (Å²) >= 11 is 0. The summed E-state index contributed by atoms with van der Waals surface area (Å²) in [6, 6.07) is 8.59. The zero-order valence-corrected chi connectivity index (χ0v) is 19.7. The van der Waals surface area contributed by atoms with Crippen LogP contribution in [0.25, 0.3) is 0 Å². The number of aliphatic hydroxyl groups excluding tert-OH is 1. The SMILES string of the molecule is COc1cccc(CN(C(=O)CN2CCCCC2CCO)C23CC4CC(CC(C4)C2)C3)c1. The Morgan fingerprint density at radius 3 is 2.53 bits per heavy atom. The lowest BCUT2D eigenvalue weighted by Gasteiger charge is -2.60. The number of ether oxygens (including phenoxy) is 1. The third kappa shape index (κ3) is 4.43. The van der Waals surface area contributed by atoms with E-state index < -0.39 is 0 Å². The van der Waals surface area contributed by atoms with Crippen LogP contribution in [0.15, 0.2) is 24.3 Å². The number of likely N-dealkylation sites (tertiary alicyclic amines) is 1. The lowest BCUT2D eigenvalue weighted by atomic mass is 9.52. The van der Waals surface area contributed by atoms with Gasteiger partial charge in [0.05, 0.1) is 13.7 Å². The molecule has 1 saturated heterocycles. The number of hydrogen-bond donors (Lipinski definition) is 1. The van der Waals surface area contributed by atoms with Crippen molar-refractivity contribution in [1.82, 2.24) is 9.80 Å². The van der Waals surface area contributed by atoms with Gasteiger partial charge < -0.3 is 14.7 Å². The first-order chi connectivity index (χ1) is 15.6. The molecule has 1 aromatic rings. The molecule has 1 aliphatic heterocycles. The van der Waals surface area contributed by atoms with Gasteiger partial charge in [0.25, 0.3) is 0 Å². The number of benzene rings is 1. The molecule has 0 radical (unpaired) electrons. The van der Waals surface area contributed by atoms with E-state index in [1.165, 1.54) is 50.5 Å². The molecular formula is C27H40N2O3.